The summed E-state index contributed by atoms with van der Waals surface area (Å²) in [6.07, 6.45) is 4.09. The molecule has 1 aromatic heterocycles. The van der Waals surface area contributed by atoms with E-state index in [1.165, 1.54) is 11.8 Å². The van der Waals surface area contributed by atoms with Crippen molar-refractivity contribution in [3.63, 3.8) is 0 Å². The smallest absolute Gasteiger partial charge is 0.271 e. The quantitative estimate of drug-likeness (QED) is 0.768. The number of carbonyl (C=O) groups excluding carboxylic acids is 1. The highest BCUT2D eigenvalue weighted by atomic mass is 16.1. The number of aryl methyl sites for hydroxylation is 1. The minimum Gasteiger partial charge on any atom is -0.351 e. The molecule has 6 heteroatoms. The zero-order valence-corrected chi connectivity index (χ0v) is 15.4. The third-order valence-corrected chi connectivity index (χ3v) is 4.66. The summed E-state index contributed by atoms with van der Waals surface area (Å²) in [5, 5.41) is 2.92. The van der Waals surface area contributed by atoms with Gasteiger partial charge in [-0.05, 0) is 25.5 Å². The number of carbonyl (C=O) groups is 1. The number of hydrogen-bond acceptors (Lipinski definition) is 5. The molecule has 1 aliphatic rings. The van der Waals surface area contributed by atoms with Crippen molar-refractivity contribution in [1.82, 2.24) is 25.1 Å². The molecule has 0 unspecified atom stereocenters. The molecular formula is C20H27N5O. The normalized spacial score (nSPS) is 15.7. The Morgan fingerprint density at radius 1 is 1.04 bits per heavy atom. The molecule has 138 valence electrons. The molecule has 1 aromatic carbocycles. The van der Waals surface area contributed by atoms with Gasteiger partial charge in [0.05, 0.1) is 11.9 Å². The number of hydrogen-bond donors (Lipinski definition) is 1. The second-order valence-corrected chi connectivity index (χ2v) is 6.76. The molecule has 2 aromatic rings. The van der Waals surface area contributed by atoms with E-state index in [1.807, 2.05) is 6.92 Å². The van der Waals surface area contributed by atoms with Crippen molar-refractivity contribution in [3.05, 3.63) is 59.7 Å². The number of aromatic nitrogens is 2. The number of benzene rings is 1. The van der Waals surface area contributed by atoms with Crippen LogP contribution in [0.4, 0.5) is 0 Å². The van der Waals surface area contributed by atoms with Gasteiger partial charge in [-0.2, -0.15) is 0 Å². The number of amides is 1. The fraction of sp³-hybridized carbons (Fsp3) is 0.450. The molecule has 0 aliphatic carbocycles. The second-order valence-electron chi connectivity index (χ2n) is 6.76. The van der Waals surface area contributed by atoms with Gasteiger partial charge >= 0.3 is 0 Å². The lowest BCUT2D eigenvalue weighted by Crippen LogP contribution is -2.46. The van der Waals surface area contributed by atoms with Crippen LogP contribution in [0, 0.1) is 6.92 Å². The van der Waals surface area contributed by atoms with Crippen molar-refractivity contribution >= 4 is 5.91 Å². The van der Waals surface area contributed by atoms with Gasteiger partial charge < -0.3 is 10.2 Å². The fourth-order valence-electron chi connectivity index (χ4n) is 3.12. The molecule has 1 aliphatic heterocycles. The Morgan fingerprint density at radius 2 is 1.77 bits per heavy atom. The largest absolute Gasteiger partial charge is 0.351 e. The number of piperazine rings is 1. The van der Waals surface area contributed by atoms with Crippen molar-refractivity contribution < 1.29 is 4.79 Å². The molecule has 1 amide bonds. The Balaban J connectivity index is 1.30. The lowest BCUT2D eigenvalue weighted by Gasteiger charge is -2.34. The van der Waals surface area contributed by atoms with Crippen LogP contribution in [0.15, 0.2) is 42.7 Å². The van der Waals surface area contributed by atoms with Crippen LogP contribution in [0.2, 0.25) is 0 Å². The minimum atomic E-state index is -0.148. The van der Waals surface area contributed by atoms with Crippen LogP contribution in [0.5, 0.6) is 0 Å². The van der Waals surface area contributed by atoms with Crippen molar-refractivity contribution in [3.8, 4) is 0 Å². The summed E-state index contributed by atoms with van der Waals surface area (Å²) < 4.78 is 0. The molecule has 3 rings (SSSR count). The summed E-state index contributed by atoms with van der Waals surface area (Å²) in [7, 11) is 0. The highest BCUT2D eigenvalue weighted by molar-refractivity contribution is 5.91. The molecule has 0 spiro atoms. The highest BCUT2D eigenvalue weighted by Gasteiger charge is 2.16. The maximum atomic E-state index is 12.0. The third-order valence-electron chi connectivity index (χ3n) is 4.66. The van der Waals surface area contributed by atoms with E-state index in [2.05, 4.69) is 55.4 Å². The SMILES string of the molecule is Cc1cnc(C(=O)NCCCN2CCN(Cc3ccccc3)CC2)cn1. The van der Waals surface area contributed by atoms with Gasteiger partial charge in [0.1, 0.15) is 5.69 Å². The zero-order chi connectivity index (χ0) is 18.2. The maximum absolute atomic E-state index is 12.0. The average molecular weight is 353 g/mol. The van der Waals surface area contributed by atoms with E-state index in [1.54, 1.807) is 6.20 Å². The summed E-state index contributed by atoms with van der Waals surface area (Å²) in [4.78, 5) is 25.2. The number of nitrogens with zero attached hydrogens (tertiary/aromatic N) is 4. The Labute approximate surface area is 155 Å². The van der Waals surface area contributed by atoms with Gasteiger partial charge in [0.15, 0.2) is 0 Å². The van der Waals surface area contributed by atoms with Crippen molar-refractivity contribution in [2.24, 2.45) is 0 Å². The van der Waals surface area contributed by atoms with Gasteiger partial charge in [0, 0.05) is 45.5 Å². The molecule has 26 heavy (non-hydrogen) atoms. The molecular weight excluding hydrogens is 326 g/mol. The van der Waals surface area contributed by atoms with Crippen LogP contribution in [0.3, 0.4) is 0 Å². The average Bonchev–Trinajstić information content (AvgIpc) is 2.68. The lowest BCUT2D eigenvalue weighted by molar-refractivity contribution is 0.0942. The molecule has 6 nitrogen and oxygen atoms in total. The third kappa shape index (κ3) is 5.61. The molecule has 0 saturated carbocycles. The van der Waals surface area contributed by atoms with Crippen LogP contribution in [0.1, 0.15) is 28.2 Å². The zero-order valence-electron chi connectivity index (χ0n) is 15.4. The predicted octanol–water partition coefficient (Wildman–Crippen LogP) is 1.72. The van der Waals surface area contributed by atoms with E-state index in [0.717, 1.165) is 51.4 Å². The molecule has 1 saturated heterocycles. The van der Waals surface area contributed by atoms with E-state index < -0.39 is 0 Å². The van der Waals surface area contributed by atoms with E-state index in [-0.39, 0.29) is 5.91 Å². The van der Waals surface area contributed by atoms with Gasteiger partial charge in [-0.3, -0.25) is 14.7 Å². The summed E-state index contributed by atoms with van der Waals surface area (Å²) in [5.41, 5.74) is 2.57. The van der Waals surface area contributed by atoms with Gasteiger partial charge in [0.2, 0.25) is 0 Å². The summed E-state index contributed by atoms with van der Waals surface area (Å²) in [5.74, 6) is -0.148. The van der Waals surface area contributed by atoms with Crippen molar-refractivity contribution in [1.29, 1.82) is 0 Å². The first kappa shape index (κ1) is 18.5. The Hall–Kier alpha value is -2.31. The molecule has 0 radical (unpaired) electrons. The first-order valence-electron chi connectivity index (χ1n) is 9.26. The molecule has 0 bridgehead atoms. The van der Waals surface area contributed by atoms with E-state index in [9.17, 15) is 4.79 Å². The Bertz CT molecular complexity index is 681. The summed E-state index contributed by atoms with van der Waals surface area (Å²) in [6, 6.07) is 10.6. The van der Waals surface area contributed by atoms with Crippen molar-refractivity contribution in [2.75, 3.05) is 39.3 Å². The van der Waals surface area contributed by atoms with Crippen LogP contribution in [-0.2, 0) is 6.54 Å². The summed E-state index contributed by atoms with van der Waals surface area (Å²) >= 11 is 0. The van der Waals surface area contributed by atoms with Crippen LogP contribution >= 0.6 is 0 Å². The topological polar surface area (TPSA) is 61.4 Å². The highest BCUT2D eigenvalue weighted by Crippen LogP contribution is 2.08. The van der Waals surface area contributed by atoms with Gasteiger partial charge in [-0.15, -0.1) is 0 Å². The van der Waals surface area contributed by atoms with Gasteiger partial charge in [-0.1, -0.05) is 30.3 Å². The molecule has 1 fully saturated rings. The van der Waals surface area contributed by atoms with Crippen LogP contribution < -0.4 is 5.32 Å². The molecule has 0 atom stereocenters. The lowest BCUT2D eigenvalue weighted by atomic mass is 10.2. The predicted molar refractivity (Wildman–Crippen MR) is 102 cm³/mol. The van der Waals surface area contributed by atoms with Crippen LogP contribution in [-0.4, -0.2) is 64.9 Å². The standard InChI is InChI=1S/C20H27N5O/c1-17-14-23-19(15-22-17)20(26)21-8-5-9-24-10-12-25(13-11-24)16-18-6-3-2-4-7-18/h2-4,6-7,14-15H,5,8-13,16H2,1H3,(H,21,26). The first-order valence-corrected chi connectivity index (χ1v) is 9.26. The monoisotopic (exact) mass is 353 g/mol. The Kier molecular flexibility index (Phi) is 6.68. The fourth-order valence-corrected chi connectivity index (χ4v) is 3.12. The van der Waals surface area contributed by atoms with Gasteiger partial charge in [0.25, 0.3) is 5.91 Å². The maximum Gasteiger partial charge on any atom is 0.271 e. The van der Waals surface area contributed by atoms with Crippen molar-refractivity contribution in [2.45, 2.75) is 19.9 Å². The number of rotatable bonds is 7. The van der Waals surface area contributed by atoms with E-state index >= 15 is 0 Å². The minimum absolute atomic E-state index is 0.148. The number of nitrogens with one attached hydrogen (secondary N) is 1. The van der Waals surface area contributed by atoms with Crippen LogP contribution in [0.25, 0.3) is 0 Å². The Morgan fingerprint density at radius 3 is 2.46 bits per heavy atom. The van der Waals surface area contributed by atoms with E-state index in [4.69, 9.17) is 0 Å². The first-order chi connectivity index (χ1) is 12.7. The molecule has 2 heterocycles. The molecule has 1 N–H and O–H groups in total. The summed E-state index contributed by atoms with van der Waals surface area (Å²) in [6.45, 7) is 8.93. The van der Waals surface area contributed by atoms with Gasteiger partial charge in [-0.25, -0.2) is 4.98 Å². The second kappa shape index (κ2) is 9.40. The van der Waals surface area contributed by atoms with E-state index in [0.29, 0.717) is 12.2 Å².